The largest absolute Gasteiger partial charge is 0.471 e. The highest BCUT2D eigenvalue weighted by atomic mass is 35.5. The Balaban J connectivity index is 1.93. The van der Waals surface area contributed by atoms with Crippen molar-refractivity contribution in [2.75, 3.05) is 13.1 Å². The minimum Gasteiger partial charge on any atom is -0.471 e. The number of hydrogen-bond acceptors (Lipinski definition) is 5. The highest BCUT2D eigenvalue weighted by molar-refractivity contribution is 6.32. The van der Waals surface area contributed by atoms with E-state index < -0.39 is 5.60 Å². The molecule has 0 unspecified atom stereocenters. The first-order valence-electron chi connectivity index (χ1n) is 6.57. The van der Waals surface area contributed by atoms with E-state index in [9.17, 15) is 4.79 Å². The number of amides is 1. The van der Waals surface area contributed by atoms with Crippen molar-refractivity contribution >= 4 is 29.3 Å². The third kappa shape index (κ3) is 4.61. The molecule has 1 aliphatic rings. The molecule has 0 spiro atoms. The molecular formula is C13H17Cl2N3O3. The van der Waals surface area contributed by atoms with Gasteiger partial charge in [0, 0.05) is 13.0 Å². The molecule has 6 nitrogen and oxygen atoms in total. The Hall–Kier alpha value is -1.27. The van der Waals surface area contributed by atoms with Gasteiger partial charge in [-0.2, -0.15) is 4.98 Å². The SMILES string of the molecule is CC(C)(C)OC(=O)N1CC[C@@H](Oc2nc(Cl)ncc2Cl)C1. The monoisotopic (exact) mass is 333 g/mol. The Kier molecular flexibility index (Phi) is 4.78. The van der Waals surface area contributed by atoms with Crippen molar-refractivity contribution in [2.24, 2.45) is 0 Å². The average molecular weight is 334 g/mol. The average Bonchev–Trinajstić information content (AvgIpc) is 2.80. The Morgan fingerprint density at radius 1 is 1.43 bits per heavy atom. The summed E-state index contributed by atoms with van der Waals surface area (Å²) in [6, 6.07) is 0. The molecule has 1 fully saturated rings. The molecule has 2 heterocycles. The summed E-state index contributed by atoms with van der Waals surface area (Å²) in [4.78, 5) is 21.2. The molecule has 1 aromatic heterocycles. The smallest absolute Gasteiger partial charge is 0.410 e. The lowest BCUT2D eigenvalue weighted by Crippen LogP contribution is -2.36. The molecule has 0 saturated carbocycles. The summed E-state index contributed by atoms with van der Waals surface area (Å²) >= 11 is 11.7. The van der Waals surface area contributed by atoms with Crippen LogP contribution in [0.25, 0.3) is 0 Å². The number of ether oxygens (including phenoxy) is 2. The van der Waals surface area contributed by atoms with Crippen LogP contribution in [0.5, 0.6) is 5.88 Å². The maximum atomic E-state index is 12.0. The van der Waals surface area contributed by atoms with E-state index >= 15 is 0 Å². The fourth-order valence-corrected chi connectivity index (χ4v) is 2.15. The van der Waals surface area contributed by atoms with Crippen molar-refractivity contribution in [2.45, 2.75) is 38.9 Å². The Labute approximate surface area is 133 Å². The molecule has 0 bridgehead atoms. The lowest BCUT2D eigenvalue weighted by atomic mass is 10.2. The van der Waals surface area contributed by atoms with Crippen molar-refractivity contribution in [3.05, 3.63) is 16.5 Å². The second-order valence-corrected chi connectivity index (χ2v) is 6.49. The Morgan fingerprint density at radius 2 is 2.14 bits per heavy atom. The topological polar surface area (TPSA) is 64.5 Å². The predicted octanol–water partition coefficient (Wildman–Crippen LogP) is 3.17. The lowest BCUT2D eigenvalue weighted by molar-refractivity contribution is 0.0275. The van der Waals surface area contributed by atoms with Gasteiger partial charge in [0.1, 0.15) is 16.7 Å². The number of rotatable bonds is 2. The first-order chi connectivity index (χ1) is 9.74. The van der Waals surface area contributed by atoms with Gasteiger partial charge in [0.15, 0.2) is 0 Å². The van der Waals surface area contributed by atoms with E-state index in [1.807, 2.05) is 20.8 Å². The summed E-state index contributed by atoms with van der Waals surface area (Å²) in [5.41, 5.74) is -0.514. The third-order valence-electron chi connectivity index (χ3n) is 2.76. The van der Waals surface area contributed by atoms with Crippen LogP contribution in [0, 0.1) is 0 Å². The van der Waals surface area contributed by atoms with Crippen LogP contribution >= 0.6 is 23.2 Å². The summed E-state index contributed by atoms with van der Waals surface area (Å²) in [6.45, 7) is 6.48. The van der Waals surface area contributed by atoms with Crippen molar-refractivity contribution in [3.63, 3.8) is 0 Å². The summed E-state index contributed by atoms with van der Waals surface area (Å²) in [5, 5.41) is 0.353. The number of carbonyl (C=O) groups is 1. The van der Waals surface area contributed by atoms with Crippen LogP contribution in [0.4, 0.5) is 4.79 Å². The van der Waals surface area contributed by atoms with Crippen molar-refractivity contribution < 1.29 is 14.3 Å². The standard InChI is InChI=1S/C13H17Cl2N3O3/c1-13(2,3)21-12(19)18-5-4-8(7-18)20-10-9(14)6-16-11(15)17-10/h6,8H,4-5,7H2,1-3H3/t8-/m1/s1. The van der Waals surface area contributed by atoms with E-state index in [1.54, 1.807) is 4.90 Å². The molecule has 1 atom stereocenters. The molecule has 0 aliphatic carbocycles. The van der Waals surface area contributed by atoms with Gasteiger partial charge in [0.05, 0.1) is 12.7 Å². The van der Waals surface area contributed by atoms with E-state index in [0.717, 1.165) is 0 Å². The number of carbonyl (C=O) groups excluding carboxylic acids is 1. The van der Waals surface area contributed by atoms with Gasteiger partial charge in [-0.25, -0.2) is 9.78 Å². The molecule has 0 N–H and O–H groups in total. The quantitative estimate of drug-likeness (QED) is 0.777. The maximum Gasteiger partial charge on any atom is 0.410 e. The highest BCUT2D eigenvalue weighted by Crippen LogP contribution is 2.25. The van der Waals surface area contributed by atoms with E-state index in [1.165, 1.54) is 6.20 Å². The minimum atomic E-state index is -0.514. The zero-order chi connectivity index (χ0) is 15.6. The normalized spacial score (nSPS) is 18.7. The zero-order valence-corrected chi connectivity index (χ0v) is 13.6. The molecule has 21 heavy (non-hydrogen) atoms. The number of halogens is 2. The molecule has 1 saturated heterocycles. The zero-order valence-electron chi connectivity index (χ0n) is 12.1. The first-order valence-corrected chi connectivity index (χ1v) is 7.33. The molecule has 1 amide bonds. The van der Waals surface area contributed by atoms with E-state index in [4.69, 9.17) is 32.7 Å². The van der Waals surface area contributed by atoms with Crippen LogP contribution < -0.4 is 4.74 Å². The fourth-order valence-electron chi connectivity index (χ4n) is 1.89. The van der Waals surface area contributed by atoms with E-state index in [0.29, 0.717) is 19.5 Å². The van der Waals surface area contributed by atoms with Crippen LogP contribution in [-0.4, -0.2) is 45.8 Å². The minimum absolute atomic E-state index is 0.0661. The maximum absolute atomic E-state index is 12.0. The fraction of sp³-hybridized carbons (Fsp3) is 0.615. The Morgan fingerprint density at radius 3 is 2.81 bits per heavy atom. The van der Waals surface area contributed by atoms with Gasteiger partial charge in [-0.3, -0.25) is 0 Å². The van der Waals surface area contributed by atoms with Crippen LogP contribution in [0.15, 0.2) is 6.20 Å². The molecule has 0 aromatic carbocycles. The second-order valence-electron chi connectivity index (χ2n) is 5.75. The summed E-state index contributed by atoms with van der Waals surface area (Å²) in [7, 11) is 0. The first kappa shape index (κ1) is 16.1. The van der Waals surface area contributed by atoms with Gasteiger partial charge >= 0.3 is 6.09 Å². The van der Waals surface area contributed by atoms with Gasteiger partial charge < -0.3 is 14.4 Å². The molecule has 116 valence electrons. The van der Waals surface area contributed by atoms with Crippen LogP contribution in [0.1, 0.15) is 27.2 Å². The van der Waals surface area contributed by atoms with Gasteiger partial charge in [0.25, 0.3) is 0 Å². The van der Waals surface area contributed by atoms with Crippen LogP contribution in [-0.2, 0) is 4.74 Å². The molecule has 1 aromatic rings. The van der Waals surface area contributed by atoms with Gasteiger partial charge in [-0.1, -0.05) is 11.6 Å². The summed E-state index contributed by atoms with van der Waals surface area (Å²) in [6.07, 6.45) is 1.52. The van der Waals surface area contributed by atoms with Crippen molar-refractivity contribution in [3.8, 4) is 5.88 Å². The van der Waals surface area contributed by atoms with Crippen molar-refractivity contribution in [1.82, 2.24) is 14.9 Å². The van der Waals surface area contributed by atoms with Crippen LogP contribution in [0.2, 0.25) is 10.3 Å². The lowest BCUT2D eigenvalue weighted by Gasteiger charge is -2.24. The third-order valence-corrected chi connectivity index (χ3v) is 3.20. The molecule has 8 heteroatoms. The number of nitrogens with zero attached hydrogens (tertiary/aromatic N) is 3. The van der Waals surface area contributed by atoms with Crippen molar-refractivity contribution in [1.29, 1.82) is 0 Å². The number of likely N-dealkylation sites (tertiary alicyclic amines) is 1. The summed E-state index contributed by atoms with van der Waals surface area (Å²) < 4.78 is 11.0. The molecule has 1 aliphatic heterocycles. The van der Waals surface area contributed by atoms with Gasteiger partial charge in [0.2, 0.25) is 11.2 Å². The Bertz CT molecular complexity index is 534. The number of aromatic nitrogens is 2. The molecule has 0 radical (unpaired) electrons. The predicted molar refractivity (Wildman–Crippen MR) is 78.9 cm³/mol. The second kappa shape index (κ2) is 6.23. The van der Waals surface area contributed by atoms with E-state index in [-0.39, 0.29) is 28.4 Å². The van der Waals surface area contributed by atoms with Crippen LogP contribution in [0.3, 0.4) is 0 Å². The number of hydrogen-bond donors (Lipinski definition) is 0. The van der Waals surface area contributed by atoms with Gasteiger partial charge in [-0.15, -0.1) is 0 Å². The van der Waals surface area contributed by atoms with Gasteiger partial charge in [-0.05, 0) is 32.4 Å². The van der Waals surface area contributed by atoms with E-state index in [2.05, 4.69) is 9.97 Å². The summed E-state index contributed by atoms with van der Waals surface area (Å²) in [5.74, 6) is 0.229. The molecule has 2 rings (SSSR count). The molecular weight excluding hydrogens is 317 g/mol. The highest BCUT2D eigenvalue weighted by Gasteiger charge is 2.31.